The van der Waals surface area contributed by atoms with Crippen LogP contribution in [0.4, 0.5) is 8.78 Å². The van der Waals surface area contributed by atoms with Gasteiger partial charge in [0.1, 0.15) is 5.69 Å². The van der Waals surface area contributed by atoms with Gasteiger partial charge < -0.3 is 10.6 Å². The molecule has 0 spiro atoms. The Morgan fingerprint density at radius 3 is 2.52 bits per heavy atom. The second-order valence-corrected chi connectivity index (χ2v) is 9.30. The fourth-order valence-corrected chi connectivity index (χ4v) is 3.87. The van der Waals surface area contributed by atoms with E-state index in [2.05, 4.69) is 41.6 Å². The van der Waals surface area contributed by atoms with Gasteiger partial charge in [-0.05, 0) is 50.6 Å². The largest absolute Gasteiger partial charge is 0.348 e. The molecule has 1 heterocycles. The van der Waals surface area contributed by atoms with Crippen molar-refractivity contribution in [2.24, 2.45) is 5.92 Å². The lowest BCUT2D eigenvalue weighted by atomic mass is 9.84. The van der Waals surface area contributed by atoms with Crippen LogP contribution < -0.4 is 10.6 Å². The number of amides is 1. The highest BCUT2D eigenvalue weighted by atomic mass is 19.3. The molecule has 27 heavy (non-hydrogen) atoms. The molecular weight excluding hydrogens is 350 g/mol. The van der Waals surface area contributed by atoms with Gasteiger partial charge in [0, 0.05) is 30.3 Å². The summed E-state index contributed by atoms with van der Waals surface area (Å²) in [6, 6.07) is 2.41. The number of nitrogens with zero attached hydrogens (tertiary/aromatic N) is 1. The summed E-state index contributed by atoms with van der Waals surface area (Å²) in [6.45, 7) is 7.06. The monoisotopic (exact) mass is 382 g/mol. The Bertz CT molecular complexity index is 637. The summed E-state index contributed by atoms with van der Waals surface area (Å²) in [5.74, 6) is -2.12. The number of halogens is 2. The van der Waals surface area contributed by atoms with Gasteiger partial charge in [-0.3, -0.25) is 9.89 Å². The van der Waals surface area contributed by atoms with E-state index >= 15 is 0 Å². The molecule has 3 rings (SSSR count). The van der Waals surface area contributed by atoms with E-state index in [1.807, 2.05) is 6.07 Å². The molecular formula is C20H32F2N4O. The smallest absolute Gasteiger partial charge is 0.269 e. The average Bonchev–Trinajstić information content (AvgIpc) is 3.04. The zero-order valence-corrected chi connectivity index (χ0v) is 16.6. The lowest BCUT2D eigenvalue weighted by molar-refractivity contribution is -0.0465. The van der Waals surface area contributed by atoms with Crippen molar-refractivity contribution < 1.29 is 13.6 Å². The predicted molar refractivity (Wildman–Crippen MR) is 101 cm³/mol. The molecule has 0 unspecified atom stereocenters. The Balaban J connectivity index is 1.31. The first-order valence-electron chi connectivity index (χ1n) is 10.1. The van der Waals surface area contributed by atoms with Crippen molar-refractivity contribution in [2.75, 3.05) is 6.54 Å². The van der Waals surface area contributed by atoms with Gasteiger partial charge in [-0.1, -0.05) is 20.8 Å². The third-order valence-electron chi connectivity index (χ3n) is 5.89. The van der Waals surface area contributed by atoms with Crippen molar-refractivity contribution in [1.29, 1.82) is 0 Å². The van der Waals surface area contributed by atoms with E-state index in [1.165, 1.54) is 0 Å². The van der Waals surface area contributed by atoms with Crippen LogP contribution in [0.15, 0.2) is 6.07 Å². The maximum Gasteiger partial charge on any atom is 0.269 e. The summed E-state index contributed by atoms with van der Waals surface area (Å²) in [5, 5.41) is 13.6. The Hall–Kier alpha value is -1.50. The Morgan fingerprint density at radius 2 is 1.93 bits per heavy atom. The van der Waals surface area contributed by atoms with Gasteiger partial charge in [-0.25, -0.2) is 8.78 Å². The number of hydrogen-bond acceptors (Lipinski definition) is 3. The van der Waals surface area contributed by atoms with Crippen molar-refractivity contribution in [3.05, 3.63) is 17.5 Å². The van der Waals surface area contributed by atoms with E-state index in [9.17, 15) is 13.6 Å². The average molecular weight is 382 g/mol. The number of hydrogen-bond donors (Lipinski definition) is 3. The molecule has 5 nitrogen and oxygen atoms in total. The zero-order chi connectivity index (χ0) is 19.7. The van der Waals surface area contributed by atoms with E-state index in [0.717, 1.165) is 31.5 Å². The van der Waals surface area contributed by atoms with Gasteiger partial charge in [0.2, 0.25) is 5.92 Å². The first-order chi connectivity index (χ1) is 12.6. The van der Waals surface area contributed by atoms with Gasteiger partial charge in [-0.15, -0.1) is 0 Å². The third kappa shape index (κ3) is 5.50. The number of aromatic nitrogens is 2. The third-order valence-corrected chi connectivity index (χ3v) is 5.89. The van der Waals surface area contributed by atoms with Gasteiger partial charge in [0.15, 0.2) is 0 Å². The number of alkyl halides is 2. The van der Waals surface area contributed by atoms with Gasteiger partial charge in [-0.2, -0.15) is 5.10 Å². The SMILES string of the molecule is CC(C)(C)c1cc(C(=O)N[C@H]2C[C@H](NCCC3CCC(F)(F)CC3)C2)[nH]n1. The number of nitrogens with one attached hydrogen (secondary N) is 3. The molecule has 2 saturated carbocycles. The standard InChI is InChI=1S/C20H32F2N4O/c1-19(2,3)17-12-16(25-26-17)18(27)24-15-10-14(11-15)23-9-6-13-4-7-20(21,22)8-5-13/h12-15,23H,4-11H2,1-3H3,(H,24,27)(H,25,26)/t14-,15-. The Labute approximate surface area is 160 Å². The van der Waals surface area contributed by atoms with E-state index < -0.39 is 5.92 Å². The number of H-pyrrole nitrogens is 1. The normalized spacial score (nSPS) is 25.8. The van der Waals surface area contributed by atoms with Crippen molar-refractivity contribution in [3.63, 3.8) is 0 Å². The van der Waals surface area contributed by atoms with Crippen molar-refractivity contribution >= 4 is 5.91 Å². The fraction of sp³-hybridized carbons (Fsp3) is 0.800. The highest BCUT2D eigenvalue weighted by Crippen LogP contribution is 2.37. The lowest BCUT2D eigenvalue weighted by Gasteiger charge is -2.37. The van der Waals surface area contributed by atoms with E-state index in [-0.39, 0.29) is 30.2 Å². The molecule has 0 aromatic carbocycles. The maximum atomic E-state index is 13.2. The van der Waals surface area contributed by atoms with Crippen molar-refractivity contribution in [3.8, 4) is 0 Å². The van der Waals surface area contributed by atoms with Gasteiger partial charge in [0.25, 0.3) is 5.91 Å². The Kier molecular flexibility index (Phi) is 5.89. The number of carbonyl (C=O) groups is 1. The predicted octanol–water partition coefficient (Wildman–Crippen LogP) is 3.77. The summed E-state index contributed by atoms with van der Waals surface area (Å²) >= 11 is 0. The van der Waals surface area contributed by atoms with Crippen molar-refractivity contribution in [1.82, 2.24) is 20.8 Å². The minimum Gasteiger partial charge on any atom is -0.348 e. The van der Waals surface area contributed by atoms with Gasteiger partial charge in [0.05, 0.1) is 5.69 Å². The van der Waals surface area contributed by atoms with Crippen molar-refractivity contribution in [2.45, 2.75) is 89.1 Å². The van der Waals surface area contributed by atoms with Crippen LogP contribution in [0, 0.1) is 5.92 Å². The molecule has 0 aliphatic heterocycles. The topological polar surface area (TPSA) is 69.8 Å². The molecule has 2 aliphatic rings. The molecule has 1 aromatic heterocycles. The number of carbonyl (C=O) groups excluding carboxylic acids is 1. The summed E-state index contributed by atoms with van der Waals surface area (Å²) in [6.07, 6.45) is 4.15. The molecule has 0 bridgehead atoms. The van der Waals surface area contributed by atoms with E-state index in [1.54, 1.807) is 0 Å². The van der Waals surface area contributed by atoms with Crippen LogP contribution in [-0.4, -0.2) is 40.7 Å². The van der Waals surface area contributed by atoms with Crippen LogP contribution in [-0.2, 0) is 5.41 Å². The van der Waals surface area contributed by atoms with Crippen LogP contribution >= 0.6 is 0 Å². The summed E-state index contributed by atoms with van der Waals surface area (Å²) in [7, 11) is 0. The quantitative estimate of drug-likeness (QED) is 0.701. The highest BCUT2D eigenvalue weighted by Gasteiger charge is 2.35. The van der Waals surface area contributed by atoms with Crippen LogP contribution in [0.3, 0.4) is 0 Å². The molecule has 0 atom stereocenters. The van der Waals surface area contributed by atoms with E-state index in [0.29, 0.717) is 30.5 Å². The summed E-state index contributed by atoms with van der Waals surface area (Å²) in [4.78, 5) is 12.3. The molecule has 0 radical (unpaired) electrons. The first-order valence-corrected chi connectivity index (χ1v) is 10.1. The van der Waals surface area contributed by atoms with Crippen LogP contribution in [0.1, 0.15) is 81.9 Å². The second kappa shape index (κ2) is 7.86. The summed E-state index contributed by atoms with van der Waals surface area (Å²) < 4.78 is 26.3. The van der Waals surface area contributed by atoms with Gasteiger partial charge >= 0.3 is 0 Å². The second-order valence-electron chi connectivity index (χ2n) is 9.30. The summed E-state index contributed by atoms with van der Waals surface area (Å²) in [5.41, 5.74) is 1.29. The van der Waals surface area contributed by atoms with Crippen LogP contribution in [0.25, 0.3) is 0 Å². The molecule has 2 aliphatic carbocycles. The molecule has 7 heteroatoms. The lowest BCUT2D eigenvalue weighted by Crippen LogP contribution is -2.52. The first kappa shape index (κ1) is 20.2. The number of rotatable bonds is 6. The van der Waals surface area contributed by atoms with Crippen LogP contribution in [0.5, 0.6) is 0 Å². The minimum absolute atomic E-state index is 0.0414. The maximum absolute atomic E-state index is 13.2. The molecule has 1 aromatic rings. The highest BCUT2D eigenvalue weighted by molar-refractivity contribution is 5.92. The molecule has 152 valence electrons. The molecule has 0 saturated heterocycles. The zero-order valence-electron chi connectivity index (χ0n) is 16.6. The number of aromatic amines is 1. The fourth-order valence-electron chi connectivity index (χ4n) is 3.87. The van der Waals surface area contributed by atoms with E-state index in [4.69, 9.17) is 0 Å². The minimum atomic E-state index is -2.44. The molecule has 1 amide bonds. The molecule has 3 N–H and O–H groups in total. The Morgan fingerprint density at radius 1 is 1.26 bits per heavy atom. The molecule has 2 fully saturated rings. The van der Waals surface area contributed by atoms with Crippen LogP contribution in [0.2, 0.25) is 0 Å².